The summed E-state index contributed by atoms with van der Waals surface area (Å²) < 4.78 is 38.9. The number of aryl methyl sites for hydroxylation is 1. The third-order valence-electron chi connectivity index (χ3n) is 10.1. The molecule has 6 rings (SSSR count). The molecule has 0 spiro atoms. The van der Waals surface area contributed by atoms with Gasteiger partial charge in [0.15, 0.2) is 0 Å². The second-order valence-corrected chi connectivity index (χ2v) is 17.3. The van der Waals surface area contributed by atoms with Crippen LogP contribution in [0.3, 0.4) is 0 Å². The van der Waals surface area contributed by atoms with Gasteiger partial charge < -0.3 is 35.4 Å². The van der Waals surface area contributed by atoms with E-state index >= 15 is 0 Å². The Kier molecular flexibility index (Phi) is 12.1. The predicted molar refractivity (Wildman–Crippen MR) is 209 cm³/mol. The number of aromatic amines is 2. The Hall–Kier alpha value is -4.99. The number of H-pyrrole nitrogens is 2. The number of alkyl carbamates (subject to hydrolysis) is 1. The number of aromatic nitrogens is 2. The minimum absolute atomic E-state index is 0.195. The van der Waals surface area contributed by atoms with Crippen molar-refractivity contribution in [2.75, 3.05) is 38.2 Å². The topological polar surface area (TPSA) is 192 Å². The van der Waals surface area contributed by atoms with Crippen molar-refractivity contribution in [3.05, 3.63) is 82.3 Å². The van der Waals surface area contributed by atoms with Crippen molar-refractivity contribution in [1.29, 1.82) is 0 Å². The van der Waals surface area contributed by atoms with Crippen LogP contribution < -0.4 is 21.6 Å². The van der Waals surface area contributed by atoms with Crippen LogP contribution >= 0.6 is 0 Å². The van der Waals surface area contributed by atoms with E-state index in [1.807, 2.05) is 52.0 Å². The van der Waals surface area contributed by atoms with Crippen LogP contribution in [0.15, 0.2) is 70.4 Å². The first kappa shape index (κ1) is 39.7. The molecular weight excluding hydrogens is 725 g/mol. The van der Waals surface area contributed by atoms with Gasteiger partial charge in [-0.3, -0.25) is 9.59 Å². The molecule has 294 valence electrons. The second kappa shape index (κ2) is 16.8. The molecule has 1 aliphatic carbocycles. The number of fused-ring (bicyclic) bond motifs is 1. The van der Waals surface area contributed by atoms with E-state index in [1.165, 1.54) is 4.31 Å². The van der Waals surface area contributed by atoms with Gasteiger partial charge in [0.05, 0.1) is 29.1 Å². The summed E-state index contributed by atoms with van der Waals surface area (Å²) in [5, 5.41) is 8.75. The molecule has 0 radical (unpaired) electrons. The lowest BCUT2D eigenvalue weighted by atomic mass is 9.81. The van der Waals surface area contributed by atoms with Gasteiger partial charge in [-0.25, -0.2) is 18.0 Å². The van der Waals surface area contributed by atoms with E-state index in [0.717, 1.165) is 35.1 Å². The minimum atomic E-state index is -3.69. The molecule has 4 aromatic rings. The summed E-state index contributed by atoms with van der Waals surface area (Å²) in [6.45, 7) is 9.16. The second-order valence-electron chi connectivity index (χ2n) is 15.4. The van der Waals surface area contributed by atoms with Gasteiger partial charge in [-0.05, 0) is 112 Å². The number of imidazole rings is 1. The van der Waals surface area contributed by atoms with Crippen molar-refractivity contribution < 1.29 is 32.3 Å². The van der Waals surface area contributed by atoms with Gasteiger partial charge in [-0.1, -0.05) is 30.3 Å². The Morgan fingerprint density at radius 1 is 0.927 bits per heavy atom. The molecule has 5 N–H and O–H groups in total. The minimum Gasteiger partial charge on any atom is -0.444 e. The van der Waals surface area contributed by atoms with Crippen LogP contribution in [0.25, 0.3) is 22.2 Å². The SMILES string of the molecule is Cc1ccc(S(=O)(=O)N2CCOCC2)cc1-c1ccc(C[C@H](NC(=O)[C@H]2CC[C@H](CNC(=O)OC(C)(C)C)CC2)C(=O)Nc2ccc3[nH]c(=O)[nH]c3c2)cc1. The van der Waals surface area contributed by atoms with E-state index in [2.05, 4.69) is 25.9 Å². The molecule has 15 heteroatoms. The zero-order valence-corrected chi connectivity index (χ0v) is 32.5. The van der Waals surface area contributed by atoms with Gasteiger partial charge in [0.1, 0.15) is 11.6 Å². The average molecular weight is 775 g/mol. The highest BCUT2D eigenvalue weighted by Crippen LogP contribution is 2.30. The van der Waals surface area contributed by atoms with Crippen molar-refractivity contribution in [2.45, 2.75) is 76.3 Å². The van der Waals surface area contributed by atoms with Gasteiger partial charge in [0, 0.05) is 37.7 Å². The van der Waals surface area contributed by atoms with Crippen LogP contribution in [0.2, 0.25) is 0 Å². The van der Waals surface area contributed by atoms with Crippen molar-refractivity contribution in [3.8, 4) is 11.1 Å². The molecule has 1 aliphatic heterocycles. The van der Waals surface area contributed by atoms with Gasteiger partial charge >= 0.3 is 11.8 Å². The number of ether oxygens (including phenoxy) is 2. The van der Waals surface area contributed by atoms with Crippen LogP contribution in [0.5, 0.6) is 0 Å². The number of rotatable bonds is 11. The molecule has 1 saturated heterocycles. The maximum atomic E-state index is 13.8. The predicted octanol–water partition coefficient (Wildman–Crippen LogP) is 4.85. The zero-order valence-electron chi connectivity index (χ0n) is 31.7. The number of anilines is 1. The molecule has 3 aromatic carbocycles. The summed E-state index contributed by atoms with van der Waals surface area (Å²) in [6, 6.07) is 16.8. The third-order valence-corrected chi connectivity index (χ3v) is 12.0. The molecule has 2 heterocycles. The number of nitrogens with one attached hydrogen (secondary N) is 5. The van der Waals surface area contributed by atoms with Gasteiger partial charge in [0.25, 0.3) is 0 Å². The lowest BCUT2D eigenvalue weighted by molar-refractivity contribution is -0.130. The van der Waals surface area contributed by atoms with Crippen LogP contribution in [0.4, 0.5) is 10.5 Å². The fourth-order valence-electron chi connectivity index (χ4n) is 7.07. The maximum absolute atomic E-state index is 13.8. The Morgan fingerprint density at radius 3 is 2.31 bits per heavy atom. The molecular formula is C40H50N6O8S. The van der Waals surface area contributed by atoms with E-state index in [0.29, 0.717) is 62.4 Å². The van der Waals surface area contributed by atoms with E-state index in [-0.39, 0.29) is 34.7 Å². The lowest BCUT2D eigenvalue weighted by Gasteiger charge is -2.29. The molecule has 14 nitrogen and oxygen atoms in total. The molecule has 3 amide bonds. The van der Waals surface area contributed by atoms with Crippen LogP contribution in [0.1, 0.15) is 57.6 Å². The third kappa shape index (κ3) is 10.2. The van der Waals surface area contributed by atoms with Crippen LogP contribution in [-0.4, -0.2) is 85.1 Å². The number of hydrogen-bond donors (Lipinski definition) is 5. The summed E-state index contributed by atoms with van der Waals surface area (Å²) >= 11 is 0. The molecule has 2 aliphatic rings. The Morgan fingerprint density at radius 2 is 1.62 bits per heavy atom. The number of hydrogen-bond acceptors (Lipinski definition) is 8. The average Bonchev–Trinajstić information content (AvgIpc) is 3.53. The summed E-state index contributed by atoms with van der Waals surface area (Å²) in [6.07, 6.45) is 2.46. The Balaban J connectivity index is 1.15. The molecule has 2 fully saturated rings. The summed E-state index contributed by atoms with van der Waals surface area (Å²) in [5.41, 5.74) is 3.95. The summed E-state index contributed by atoms with van der Waals surface area (Å²) in [5.74, 6) is -0.704. The normalized spacial score (nSPS) is 18.7. The van der Waals surface area contributed by atoms with Crippen molar-refractivity contribution in [1.82, 2.24) is 24.9 Å². The summed E-state index contributed by atoms with van der Waals surface area (Å²) in [7, 11) is -3.69. The number of carbonyl (C=O) groups is 3. The quantitative estimate of drug-likeness (QED) is 0.143. The largest absolute Gasteiger partial charge is 0.444 e. The number of benzene rings is 3. The number of morpholine rings is 1. The fourth-order valence-corrected chi connectivity index (χ4v) is 8.51. The van der Waals surface area contributed by atoms with Crippen molar-refractivity contribution >= 4 is 44.7 Å². The summed E-state index contributed by atoms with van der Waals surface area (Å²) in [4.78, 5) is 57.1. The molecule has 1 atom stereocenters. The standard InChI is InChI=1S/C40H50N6O8S/c1-25-5-15-31(55(51,52)46-17-19-53-20-18-46)23-32(25)28-10-6-26(7-11-28)21-35(37(48)42-30-14-16-33-34(22-30)45-38(49)44-33)43-36(47)29-12-8-27(9-13-29)24-41-39(50)54-40(2,3)4/h5-7,10-11,14-16,22-23,27,29,35H,8-9,12-13,17-21,24H2,1-4H3,(H,41,50)(H,42,48)(H,43,47)(H2,44,45,49)/t27-,29-,35-/m0/s1. The highest BCUT2D eigenvalue weighted by molar-refractivity contribution is 7.89. The van der Waals surface area contributed by atoms with E-state index in [1.54, 1.807) is 36.4 Å². The van der Waals surface area contributed by atoms with E-state index in [9.17, 15) is 27.6 Å². The van der Waals surface area contributed by atoms with Crippen LogP contribution in [0, 0.1) is 18.8 Å². The first-order valence-electron chi connectivity index (χ1n) is 18.7. The molecule has 55 heavy (non-hydrogen) atoms. The highest BCUT2D eigenvalue weighted by Gasteiger charge is 2.31. The molecule has 1 aromatic heterocycles. The number of amides is 3. The van der Waals surface area contributed by atoms with Crippen molar-refractivity contribution in [3.63, 3.8) is 0 Å². The van der Waals surface area contributed by atoms with Crippen molar-refractivity contribution in [2.24, 2.45) is 11.8 Å². The number of nitrogens with zero attached hydrogens (tertiary/aromatic N) is 1. The lowest BCUT2D eigenvalue weighted by Crippen LogP contribution is -2.48. The monoisotopic (exact) mass is 774 g/mol. The Labute approximate surface area is 320 Å². The van der Waals surface area contributed by atoms with Gasteiger partial charge in [-0.15, -0.1) is 0 Å². The molecule has 1 saturated carbocycles. The maximum Gasteiger partial charge on any atom is 0.407 e. The Bertz CT molecular complexity index is 2180. The van der Waals surface area contributed by atoms with Crippen LogP contribution in [-0.2, 0) is 35.5 Å². The highest BCUT2D eigenvalue weighted by atomic mass is 32.2. The number of carbonyl (C=O) groups excluding carboxylic acids is 3. The molecule has 0 unspecified atom stereocenters. The van der Waals surface area contributed by atoms with E-state index < -0.39 is 33.7 Å². The number of sulfonamides is 1. The fraction of sp³-hybridized carbons (Fsp3) is 0.450. The van der Waals surface area contributed by atoms with Gasteiger partial charge in [0.2, 0.25) is 21.8 Å². The molecule has 0 bridgehead atoms. The first-order valence-corrected chi connectivity index (χ1v) is 20.2. The van der Waals surface area contributed by atoms with E-state index in [4.69, 9.17) is 9.47 Å². The smallest absolute Gasteiger partial charge is 0.407 e. The first-order chi connectivity index (χ1) is 26.1. The van der Waals surface area contributed by atoms with Gasteiger partial charge in [-0.2, -0.15) is 4.31 Å². The zero-order chi connectivity index (χ0) is 39.3.